The van der Waals surface area contributed by atoms with Crippen molar-refractivity contribution in [3.8, 4) is 5.69 Å². The summed E-state index contributed by atoms with van der Waals surface area (Å²) in [7, 11) is 0.950. The van der Waals surface area contributed by atoms with Crippen molar-refractivity contribution in [2.24, 2.45) is 0 Å². The molecule has 1 atom stereocenters. The molecule has 2 aromatic carbocycles. The number of piperazine rings is 1. The molecule has 0 aliphatic carbocycles. The molecule has 2 aromatic heterocycles. The van der Waals surface area contributed by atoms with E-state index in [0.29, 0.717) is 17.3 Å². The number of likely N-dealkylation sites (N-methyl/N-ethyl adjacent to an activating group) is 1. The van der Waals surface area contributed by atoms with E-state index in [9.17, 15) is 4.21 Å². The molecule has 1 unspecified atom stereocenters. The van der Waals surface area contributed by atoms with Crippen LogP contribution in [-0.4, -0.2) is 62.1 Å². The molecule has 10 heteroatoms. The van der Waals surface area contributed by atoms with E-state index in [4.69, 9.17) is 4.98 Å². The predicted octanol–water partition coefficient (Wildman–Crippen LogP) is 4.85. The molecular formula is C27H32FN7OS. The molecule has 2 N–H and O–H groups in total. The second kappa shape index (κ2) is 10.5. The Labute approximate surface area is 219 Å². The summed E-state index contributed by atoms with van der Waals surface area (Å²) in [6.07, 6.45) is 3.70. The molecule has 1 fully saturated rings. The van der Waals surface area contributed by atoms with Gasteiger partial charge in [-0.2, -0.15) is 4.98 Å². The Morgan fingerprint density at radius 2 is 1.78 bits per heavy atom. The molecular weight excluding hydrogens is 489 g/mol. The summed E-state index contributed by atoms with van der Waals surface area (Å²) in [6, 6.07) is 13.1. The Kier molecular flexibility index (Phi) is 7.12. The van der Waals surface area contributed by atoms with Gasteiger partial charge in [-0.25, -0.2) is 13.6 Å². The van der Waals surface area contributed by atoms with Crippen molar-refractivity contribution in [3.63, 3.8) is 0 Å². The molecule has 5 rings (SSSR count). The quantitative estimate of drug-likeness (QED) is 0.362. The van der Waals surface area contributed by atoms with Gasteiger partial charge in [-0.05, 0) is 75.8 Å². The third-order valence-corrected chi connectivity index (χ3v) is 7.90. The number of aromatic nitrogens is 3. The van der Waals surface area contributed by atoms with E-state index >= 15 is 4.39 Å². The van der Waals surface area contributed by atoms with Crippen LogP contribution in [0, 0.1) is 12.7 Å². The number of fused-ring (bicyclic) bond motifs is 1. The molecule has 8 nitrogen and oxygen atoms in total. The first-order valence-corrected chi connectivity index (χ1v) is 13.6. The summed E-state index contributed by atoms with van der Waals surface area (Å²) in [6.45, 7) is 9.24. The minimum Gasteiger partial charge on any atom is -0.367 e. The highest BCUT2D eigenvalue weighted by Crippen LogP contribution is 2.29. The number of rotatable bonds is 7. The average Bonchev–Trinajstić information content (AvgIpc) is 3.30. The topological polar surface area (TPSA) is 78.3 Å². The summed E-state index contributed by atoms with van der Waals surface area (Å²) in [4.78, 5) is 13.5. The van der Waals surface area contributed by atoms with Crippen LogP contribution in [0.3, 0.4) is 0 Å². The van der Waals surface area contributed by atoms with Crippen molar-refractivity contribution in [3.05, 3.63) is 66.2 Å². The molecule has 0 spiro atoms. The van der Waals surface area contributed by atoms with E-state index in [2.05, 4.69) is 31.9 Å². The molecule has 0 amide bonds. The number of nitrogens with zero attached hydrogens (tertiary/aromatic N) is 5. The Morgan fingerprint density at radius 1 is 1.05 bits per heavy atom. The van der Waals surface area contributed by atoms with Gasteiger partial charge in [0, 0.05) is 66.3 Å². The highest BCUT2D eigenvalue weighted by atomic mass is 32.2. The molecule has 0 saturated carbocycles. The lowest BCUT2D eigenvalue weighted by molar-refractivity contribution is 0.311. The van der Waals surface area contributed by atoms with Crippen LogP contribution in [0.4, 0.5) is 27.4 Å². The van der Waals surface area contributed by atoms with E-state index in [1.54, 1.807) is 6.20 Å². The lowest BCUT2D eigenvalue weighted by Gasteiger charge is -2.34. The Balaban J connectivity index is 1.37. The van der Waals surface area contributed by atoms with E-state index in [0.717, 1.165) is 54.2 Å². The first-order chi connectivity index (χ1) is 17.8. The van der Waals surface area contributed by atoms with Gasteiger partial charge < -0.3 is 24.4 Å². The van der Waals surface area contributed by atoms with Gasteiger partial charge in [0.2, 0.25) is 5.95 Å². The molecule has 37 heavy (non-hydrogen) atoms. The zero-order chi connectivity index (χ0) is 26.1. The Morgan fingerprint density at radius 3 is 2.49 bits per heavy atom. The van der Waals surface area contributed by atoms with Gasteiger partial charge in [-0.1, -0.05) is 0 Å². The molecule has 1 aliphatic rings. The SMILES string of the molecule is Cc1cc(N2CCN(C)CC2)c(F)cc1Nc1ncc2ccn(-c3ccc(NS(=O)C(C)C)cc3)c2n1. The van der Waals surface area contributed by atoms with Crippen molar-refractivity contribution < 1.29 is 8.60 Å². The summed E-state index contributed by atoms with van der Waals surface area (Å²) >= 11 is 0. The first-order valence-electron chi connectivity index (χ1n) is 12.4. The number of nitrogens with one attached hydrogen (secondary N) is 2. The number of hydrogen-bond donors (Lipinski definition) is 2. The number of aryl methyl sites for hydroxylation is 1. The fourth-order valence-corrected chi connectivity index (χ4v) is 4.93. The van der Waals surface area contributed by atoms with Crippen LogP contribution >= 0.6 is 0 Å². The van der Waals surface area contributed by atoms with E-state index in [-0.39, 0.29) is 11.1 Å². The van der Waals surface area contributed by atoms with Crippen molar-refractivity contribution in [2.45, 2.75) is 26.0 Å². The second-order valence-electron chi connectivity index (χ2n) is 9.69. The lowest BCUT2D eigenvalue weighted by Crippen LogP contribution is -2.44. The maximum absolute atomic E-state index is 15.1. The third-order valence-electron chi connectivity index (χ3n) is 6.60. The van der Waals surface area contributed by atoms with Gasteiger partial charge in [0.05, 0.1) is 5.69 Å². The van der Waals surface area contributed by atoms with Gasteiger partial charge in [-0.3, -0.25) is 0 Å². The largest absolute Gasteiger partial charge is 0.367 e. The smallest absolute Gasteiger partial charge is 0.229 e. The van der Waals surface area contributed by atoms with Crippen molar-refractivity contribution in [1.29, 1.82) is 0 Å². The van der Waals surface area contributed by atoms with E-state index in [1.807, 2.05) is 67.9 Å². The summed E-state index contributed by atoms with van der Waals surface area (Å²) < 4.78 is 32.2. The lowest BCUT2D eigenvalue weighted by atomic mass is 10.1. The summed E-state index contributed by atoms with van der Waals surface area (Å²) in [5.74, 6) is 0.141. The number of halogens is 1. The standard InChI is InChI=1S/C27H32FN7OS/c1-18(2)37(36)32-21-5-7-22(8-6-21)35-10-9-20-17-29-27(31-26(20)35)30-24-16-23(28)25(15-19(24)3)34-13-11-33(4)12-14-34/h5-10,15-18,32H,11-14H2,1-4H3,(H,29,30,31). The van der Waals surface area contributed by atoms with Gasteiger partial charge in [0.1, 0.15) is 22.5 Å². The molecule has 0 radical (unpaired) electrons. The molecule has 1 saturated heterocycles. The fraction of sp³-hybridized carbons (Fsp3) is 0.333. The summed E-state index contributed by atoms with van der Waals surface area (Å²) in [5, 5.41) is 4.12. The number of benzene rings is 2. The minimum atomic E-state index is -1.14. The molecule has 4 aromatic rings. The molecule has 3 heterocycles. The van der Waals surface area contributed by atoms with Gasteiger partial charge in [0.25, 0.3) is 0 Å². The van der Waals surface area contributed by atoms with E-state index < -0.39 is 11.0 Å². The first kappa shape index (κ1) is 25.2. The number of anilines is 4. The zero-order valence-electron chi connectivity index (χ0n) is 21.5. The van der Waals surface area contributed by atoms with Crippen LogP contribution in [0.2, 0.25) is 0 Å². The van der Waals surface area contributed by atoms with Crippen LogP contribution in [0.5, 0.6) is 0 Å². The number of hydrogen-bond acceptors (Lipinski definition) is 6. The molecule has 0 bridgehead atoms. The van der Waals surface area contributed by atoms with Crippen molar-refractivity contribution >= 4 is 45.0 Å². The van der Waals surface area contributed by atoms with Crippen LogP contribution in [-0.2, 0) is 11.0 Å². The fourth-order valence-electron chi connectivity index (χ4n) is 4.32. The second-order valence-corrected chi connectivity index (χ2v) is 11.4. The highest BCUT2D eigenvalue weighted by molar-refractivity contribution is 7.86. The van der Waals surface area contributed by atoms with Crippen LogP contribution in [0.1, 0.15) is 19.4 Å². The van der Waals surface area contributed by atoms with Gasteiger partial charge in [-0.15, -0.1) is 0 Å². The van der Waals surface area contributed by atoms with Crippen LogP contribution in [0.25, 0.3) is 16.7 Å². The van der Waals surface area contributed by atoms with Crippen molar-refractivity contribution in [2.75, 3.05) is 48.2 Å². The Bertz CT molecular complexity index is 1430. The van der Waals surface area contributed by atoms with Crippen LogP contribution < -0.4 is 14.9 Å². The minimum absolute atomic E-state index is 0.0239. The molecule has 194 valence electrons. The zero-order valence-corrected chi connectivity index (χ0v) is 22.3. The highest BCUT2D eigenvalue weighted by Gasteiger charge is 2.19. The summed E-state index contributed by atoms with van der Waals surface area (Å²) in [5.41, 5.74) is 4.64. The van der Waals surface area contributed by atoms with Gasteiger partial charge in [0.15, 0.2) is 0 Å². The maximum atomic E-state index is 15.1. The van der Waals surface area contributed by atoms with Gasteiger partial charge >= 0.3 is 0 Å². The third kappa shape index (κ3) is 5.45. The average molecular weight is 522 g/mol. The maximum Gasteiger partial charge on any atom is 0.229 e. The predicted molar refractivity (Wildman–Crippen MR) is 150 cm³/mol. The van der Waals surface area contributed by atoms with E-state index in [1.165, 1.54) is 6.07 Å². The monoisotopic (exact) mass is 521 g/mol. The van der Waals surface area contributed by atoms with Crippen molar-refractivity contribution in [1.82, 2.24) is 19.4 Å². The normalized spacial score (nSPS) is 15.4. The Hall–Kier alpha value is -3.50. The molecule has 1 aliphatic heterocycles. The van der Waals surface area contributed by atoms with Crippen LogP contribution in [0.15, 0.2) is 54.9 Å².